The van der Waals surface area contributed by atoms with Crippen molar-refractivity contribution in [3.8, 4) is 17.6 Å². The van der Waals surface area contributed by atoms with Crippen LogP contribution in [0.4, 0.5) is 11.4 Å². The number of nitriles is 1. The van der Waals surface area contributed by atoms with Gasteiger partial charge in [0.05, 0.1) is 17.1 Å². The first-order chi connectivity index (χ1) is 16.1. The molecule has 1 unspecified atom stereocenters. The molecule has 0 fully saturated rings. The van der Waals surface area contributed by atoms with Crippen molar-refractivity contribution in [2.45, 2.75) is 11.3 Å². The lowest BCUT2D eigenvalue weighted by Gasteiger charge is -2.23. The van der Waals surface area contributed by atoms with Crippen molar-refractivity contribution in [3.63, 3.8) is 0 Å². The zero-order valence-electron chi connectivity index (χ0n) is 17.9. The summed E-state index contributed by atoms with van der Waals surface area (Å²) in [7, 11) is 3.67. The maximum Gasteiger partial charge on any atom is 0.277 e. The highest BCUT2D eigenvalue weighted by molar-refractivity contribution is 7.99. The normalized spacial score (nSPS) is 16.4. The first-order valence-corrected chi connectivity index (χ1v) is 11.1. The van der Waals surface area contributed by atoms with Gasteiger partial charge in [-0.25, -0.2) is 0 Å². The number of rotatable bonds is 5. The summed E-state index contributed by atoms with van der Waals surface area (Å²) in [5, 5.41) is 18.0. The fraction of sp³-hybridized carbons (Fsp3) is 0.217. The number of anilines is 2. The highest BCUT2D eigenvalue weighted by Gasteiger charge is 2.32. The molecule has 0 aliphatic carbocycles. The van der Waals surface area contributed by atoms with Gasteiger partial charge < -0.3 is 23.7 Å². The molecular formula is C23H19N5O4S. The first-order valence-electron chi connectivity index (χ1n) is 10.2. The van der Waals surface area contributed by atoms with Crippen LogP contribution < -0.4 is 19.3 Å². The Morgan fingerprint density at radius 3 is 2.45 bits per heavy atom. The van der Waals surface area contributed by atoms with Gasteiger partial charge in [-0.05, 0) is 24.3 Å². The lowest BCUT2D eigenvalue weighted by atomic mass is 10.2. The molecule has 0 spiro atoms. The standard InChI is InChI=1S/C23H19N5O4S/c1-27-15-7-3-4-8-16(15)28(2)22(27)14(11-24)17(29)13-33-23-26-25-21(32-23)20-12-30-18-9-5-6-10-19(18)31-20/h3-10,20H,12-13H2,1-2H3. The number of thioether (sulfide) groups is 1. The third-order valence-corrected chi connectivity index (χ3v) is 6.21. The Labute approximate surface area is 194 Å². The third-order valence-electron chi connectivity index (χ3n) is 5.39. The fourth-order valence-corrected chi connectivity index (χ4v) is 4.45. The summed E-state index contributed by atoms with van der Waals surface area (Å²) in [6.07, 6.45) is -0.534. The van der Waals surface area contributed by atoms with Crippen molar-refractivity contribution in [2.75, 3.05) is 36.3 Å². The largest absolute Gasteiger partial charge is 0.485 e. The maximum absolute atomic E-state index is 12.9. The minimum absolute atomic E-state index is 0.0170. The van der Waals surface area contributed by atoms with Gasteiger partial charge in [-0.3, -0.25) is 4.79 Å². The predicted molar refractivity (Wildman–Crippen MR) is 121 cm³/mol. The lowest BCUT2D eigenvalue weighted by molar-refractivity contribution is -0.112. The summed E-state index contributed by atoms with van der Waals surface area (Å²) >= 11 is 1.08. The number of ketones is 1. The molecule has 9 nitrogen and oxygen atoms in total. The molecule has 0 saturated carbocycles. The van der Waals surface area contributed by atoms with Crippen molar-refractivity contribution in [2.24, 2.45) is 0 Å². The molecule has 2 aliphatic rings. The van der Waals surface area contributed by atoms with E-state index in [0.717, 1.165) is 23.1 Å². The second-order valence-corrected chi connectivity index (χ2v) is 8.33. The van der Waals surface area contributed by atoms with Crippen LogP contribution in [0.5, 0.6) is 11.5 Å². The van der Waals surface area contributed by atoms with Crippen molar-refractivity contribution >= 4 is 28.9 Å². The summed E-state index contributed by atoms with van der Waals surface area (Å²) in [6.45, 7) is 0.242. The van der Waals surface area contributed by atoms with E-state index in [1.807, 2.05) is 66.4 Å². The molecule has 33 heavy (non-hydrogen) atoms. The maximum atomic E-state index is 12.9. The van der Waals surface area contributed by atoms with E-state index >= 15 is 0 Å². The molecule has 166 valence electrons. The zero-order valence-corrected chi connectivity index (χ0v) is 18.7. The Bertz CT molecular complexity index is 1270. The number of carbonyl (C=O) groups is 1. The van der Waals surface area contributed by atoms with Crippen LogP contribution in [0, 0.1) is 11.3 Å². The summed E-state index contributed by atoms with van der Waals surface area (Å²) in [6, 6.07) is 17.2. The van der Waals surface area contributed by atoms with Crippen LogP contribution in [0.2, 0.25) is 0 Å². The SMILES string of the molecule is CN1C(=C(C#N)C(=O)CSc2nnc(C3COc4ccccc4O3)o2)N(C)c2ccccc21. The van der Waals surface area contributed by atoms with Crippen LogP contribution >= 0.6 is 11.8 Å². The number of Topliss-reactive ketones (excluding diaryl/α,β-unsaturated/α-hetero) is 1. The number of benzene rings is 2. The molecule has 2 aliphatic heterocycles. The van der Waals surface area contributed by atoms with E-state index in [0.29, 0.717) is 17.3 Å². The quantitative estimate of drug-likeness (QED) is 0.318. The van der Waals surface area contributed by atoms with Gasteiger partial charge in [0, 0.05) is 14.1 Å². The van der Waals surface area contributed by atoms with Gasteiger partial charge in [-0.15, -0.1) is 10.2 Å². The topological polar surface area (TPSA) is 105 Å². The van der Waals surface area contributed by atoms with Crippen LogP contribution in [0.1, 0.15) is 12.0 Å². The average molecular weight is 462 g/mol. The third kappa shape index (κ3) is 3.76. The molecular weight excluding hydrogens is 442 g/mol. The van der Waals surface area contributed by atoms with Gasteiger partial charge in [0.25, 0.3) is 11.1 Å². The number of allylic oxidation sites excluding steroid dienone is 1. The summed E-state index contributed by atoms with van der Waals surface area (Å²) in [5.41, 5.74) is 1.94. The Balaban J connectivity index is 1.28. The van der Waals surface area contributed by atoms with Gasteiger partial charge in [-0.2, -0.15) is 5.26 Å². The van der Waals surface area contributed by atoms with Crippen molar-refractivity contribution < 1.29 is 18.7 Å². The van der Waals surface area contributed by atoms with Crippen LogP contribution in [-0.2, 0) is 4.79 Å². The lowest BCUT2D eigenvalue weighted by Crippen LogP contribution is -2.26. The molecule has 3 aromatic rings. The van der Waals surface area contributed by atoms with E-state index < -0.39 is 6.10 Å². The number of hydrogen-bond acceptors (Lipinski definition) is 10. The second-order valence-electron chi connectivity index (χ2n) is 7.40. The van der Waals surface area contributed by atoms with E-state index in [9.17, 15) is 10.1 Å². The van der Waals surface area contributed by atoms with Crippen molar-refractivity contribution in [1.29, 1.82) is 5.26 Å². The number of nitrogens with zero attached hydrogens (tertiary/aromatic N) is 5. The minimum Gasteiger partial charge on any atom is -0.485 e. The number of hydrogen-bond donors (Lipinski definition) is 0. The minimum atomic E-state index is -0.534. The fourth-order valence-electron chi connectivity index (χ4n) is 3.81. The first kappa shape index (κ1) is 20.9. The van der Waals surface area contributed by atoms with Gasteiger partial charge >= 0.3 is 0 Å². The monoisotopic (exact) mass is 461 g/mol. The Morgan fingerprint density at radius 1 is 1.09 bits per heavy atom. The highest BCUT2D eigenvalue weighted by atomic mass is 32.2. The summed E-state index contributed by atoms with van der Waals surface area (Å²) < 4.78 is 17.2. The van der Waals surface area contributed by atoms with Crippen molar-refractivity contribution in [1.82, 2.24) is 10.2 Å². The second kappa shape index (κ2) is 8.52. The molecule has 1 atom stereocenters. The average Bonchev–Trinajstić information content (AvgIpc) is 3.42. The van der Waals surface area contributed by atoms with Gasteiger partial charge in [0.15, 0.2) is 17.3 Å². The van der Waals surface area contributed by atoms with E-state index in [4.69, 9.17) is 13.9 Å². The molecule has 0 amide bonds. The molecule has 0 radical (unpaired) electrons. The number of fused-ring (bicyclic) bond motifs is 2. The molecule has 0 saturated heterocycles. The molecule has 10 heteroatoms. The van der Waals surface area contributed by atoms with Crippen LogP contribution in [-0.4, -0.2) is 42.4 Å². The number of carbonyl (C=O) groups excluding carboxylic acids is 1. The van der Waals surface area contributed by atoms with Gasteiger partial charge in [0.2, 0.25) is 6.10 Å². The van der Waals surface area contributed by atoms with E-state index in [-0.39, 0.29) is 34.8 Å². The predicted octanol–water partition coefficient (Wildman–Crippen LogP) is 3.56. The Morgan fingerprint density at radius 2 is 1.76 bits per heavy atom. The summed E-state index contributed by atoms with van der Waals surface area (Å²) in [4.78, 5) is 16.6. The molecule has 3 heterocycles. The zero-order chi connectivity index (χ0) is 22.9. The van der Waals surface area contributed by atoms with Crippen LogP contribution in [0.3, 0.4) is 0 Å². The van der Waals surface area contributed by atoms with Crippen LogP contribution in [0.25, 0.3) is 0 Å². The number of ether oxygens (including phenoxy) is 2. The van der Waals surface area contributed by atoms with E-state index in [1.54, 1.807) is 6.07 Å². The summed E-state index contributed by atoms with van der Waals surface area (Å²) in [5.74, 6) is 1.74. The smallest absolute Gasteiger partial charge is 0.277 e. The molecule has 5 rings (SSSR count). The molecule has 0 bridgehead atoms. The van der Waals surface area contributed by atoms with E-state index in [1.165, 1.54) is 0 Å². The molecule has 2 aromatic carbocycles. The number of aromatic nitrogens is 2. The van der Waals surface area contributed by atoms with Gasteiger partial charge in [-0.1, -0.05) is 36.0 Å². The van der Waals surface area contributed by atoms with Crippen LogP contribution in [0.15, 0.2) is 69.6 Å². The number of para-hydroxylation sites is 4. The van der Waals surface area contributed by atoms with E-state index in [2.05, 4.69) is 16.3 Å². The molecule has 1 aromatic heterocycles. The highest BCUT2D eigenvalue weighted by Crippen LogP contribution is 2.40. The van der Waals surface area contributed by atoms with Crippen molar-refractivity contribution in [3.05, 3.63) is 65.8 Å². The van der Waals surface area contributed by atoms with Gasteiger partial charge in [0.1, 0.15) is 24.1 Å². The molecule has 0 N–H and O–H groups in total. The Hall–Kier alpha value is -3.97. The Kier molecular flexibility index (Phi) is 5.40.